The zero-order chi connectivity index (χ0) is 15.9. The molecule has 5 heteroatoms. The molecule has 0 aliphatic rings. The maximum Gasteiger partial charge on any atom is 0.337 e. The summed E-state index contributed by atoms with van der Waals surface area (Å²) in [5.74, 6) is -0.226. The van der Waals surface area contributed by atoms with Crippen molar-refractivity contribution in [3.63, 3.8) is 0 Å². The first-order chi connectivity index (χ1) is 10.6. The number of benzene rings is 2. The molecule has 0 fully saturated rings. The summed E-state index contributed by atoms with van der Waals surface area (Å²) in [5, 5.41) is 13.2. The summed E-state index contributed by atoms with van der Waals surface area (Å²) >= 11 is 0. The van der Waals surface area contributed by atoms with E-state index in [1.807, 2.05) is 38.1 Å². The van der Waals surface area contributed by atoms with E-state index in [-0.39, 0.29) is 11.7 Å². The fourth-order valence-electron chi connectivity index (χ4n) is 1.88. The van der Waals surface area contributed by atoms with E-state index in [9.17, 15) is 4.79 Å². The average Bonchev–Trinajstić information content (AvgIpc) is 2.47. The minimum Gasteiger partial charge on any atom is -0.491 e. The highest BCUT2D eigenvalue weighted by Crippen LogP contribution is 2.16. The third-order valence-corrected chi connectivity index (χ3v) is 2.79. The maximum absolute atomic E-state index is 11.1. The van der Waals surface area contributed by atoms with Crippen molar-refractivity contribution < 1.29 is 14.6 Å². The number of nitrogens with one attached hydrogen (secondary N) is 1. The molecule has 0 aromatic heterocycles. The van der Waals surface area contributed by atoms with Gasteiger partial charge in [0.15, 0.2) is 0 Å². The van der Waals surface area contributed by atoms with Gasteiger partial charge in [0.1, 0.15) is 5.75 Å². The van der Waals surface area contributed by atoms with Gasteiger partial charge in [-0.3, -0.25) is 5.43 Å². The van der Waals surface area contributed by atoms with Crippen LogP contribution in [0.25, 0.3) is 0 Å². The Morgan fingerprint density at radius 2 is 2.00 bits per heavy atom. The highest BCUT2D eigenvalue weighted by molar-refractivity contribution is 5.94. The molecular weight excluding hydrogens is 280 g/mol. The molecule has 22 heavy (non-hydrogen) atoms. The second kappa shape index (κ2) is 7.26. The number of aromatic carboxylic acids is 1. The Balaban J connectivity index is 2.08. The van der Waals surface area contributed by atoms with Gasteiger partial charge in [-0.05, 0) is 43.7 Å². The maximum atomic E-state index is 11.1. The number of carboxylic acid groups (broad SMARTS) is 1. The molecular formula is C17H18N2O3. The summed E-state index contributed by atoms with van der Waals surface area (Å²) in [4.78, 5) is 11.1. The Kier molecular flexibility index (Phi) is 5.14. The molecule has 0 amide bonds. The van der Waals surface area contributed by atoms with Gasteiger partial charge < -0.3 is 9.84 Å². The molecule has 0 unspecified atom stereocenters. The van der Waals surface area contributed by atoms with Crippen molar-refractivity contribution in [3.05, 3.63) is 59.7 Å². The van der Waals surface area contributed by atoms with Crippen LogP contribution in [-0.2, 0) is 0 Å². The minimum atomic E-state index is -0.995. The number of rotatable bonds is 6. The lowest BCUT2D eigenvalue weighted by molar-refractivity contribution is 0.0698. The zero-order valence-electron chi connectivity index (χ0n) is 12.5. The van der Waals surface area contributed by atoms with Crippen LogP contribution < -0.4 is 10.2 Å². The minimum absolute atomic E-state index is 0.104. The van der Waals surface area contributed by atoms with Crippen molar-refractivity contribution >= 4 is 17.9 Å². The number of carboxylic acids is 1. The van der Waals surface area contributed by atoms with E-state index in [1.54, 1.807) is 24.4 Å². The molecule has 0 heterocycles. The standard InChI is InChI=1S/C17H18N2O3/c1-12(2)22-14-7-5-6-13(10-14)11-18-19-16-9-4-3-8-15(16)17(20)21/h3-12,19H,1-2H3,(H,20,21)/b18-11-. The molecule has 2 aromatic rings. The Morgan fingerprint density at radius 3 is 2.73 bits per heavy atom. The molecule has 2 aromatic carbocycles. The number of nitrogens with zero attached hydrogens (tertiary/aromatic N) is 1. The number of hydrogen-bond acceptors (Lipinski definition) is 4. The number of ether oxygens (including phenoxy) is 1. The van der Waals surface area contributed by atoms with Gasteiger partial charge in [0.25, 0.3) is 0 Å². The first-order valence-corrected chi connectivity index (χ1v) is 6.94. The number of para-hydroxylation sites is 1. The van der Waals surface area contributed by atoms with Gasteiger partial charge in [0, 0.05) is 0 Å². The van der Waals surface area contributed by atoms with Gasteiger partial charge in [0.2, 0.25) is 0 Å². The van der Waals surface area contributed by atoms with Crippen molar-refractivity contribution in [2.75, 3.05) is 5.43 Å². The second-order valence-electron chi connectivity index (χ2n) is 4.96. The zero-order valence-corrected chi connectivity index (χ0v) is 12.5. The molecule has 2 rings (SSSR count). The summed E-state index contributed by atoms with van der Waals surface area (Å²) < 4.78 is 5.61. The molecule has 2 N–H and O–H groups in total. The molecule has 0 aliphatic heterocycles. The summed E-state index contributed by atoms with van der Waals surface area (Å²) in [5.41, 5.74) is 4.23. The first-order valence-electron chi connectivity index (χ1n) is 6.94. The Labute approximate surface area is 129 Å². The van der Waals surface area contributed by atoms with Gasteiger partial charge in [-0.15, -0.1) is 0 Å². The lowest BCUT2D eigenvalue weighted by Gasteiger charge is -2.09. The van der Waals surface area contributed by atoms with Crippen molar-refractivity contribution in [1.29, 1.82) is 0 Å². The van der Waals surface area contributed by atoms with E-state index in [0.29, 0.717) is 5.69 Å². The third kappa shape index (κ3) is 4.34. The number of anilines is 1. The van der Waals surface area contributed by atoms with Gasteiger partial charge in [-0.2, -0.15) is 5.10 Å². The molecule has 0 saturated heterocycles. The number of hydrogen-bond donors (Lipinski definition) is 2. The quantitative estimate of drug-likeness (QED) is 0.631. The topological polar surface area (TPSA) is 70.9 Å². The van der Waals surface area contributed by atoms with Gasteiger partial charge in [-0.25, -0.2) is 4.79 Å². The molecule has 0 spiro atoms. The Morgan fingerprint density at radius 1 is 1.23 bits per heavy atom. The predicted molar refractivity (Wildman–Crippen MR) is 86.8 cm³/mol. The molecule has 0 saturated carbocycles. The van der Waals surface area contributed by atoms with Crippen LogP contribution in [0.3, 0.4) is 0 Å². The highest BCUT2D eigenvalue weighted by atomic mass is 16.5. The van der Waals surface area contributed by atoms with Crippen LogP contribution in [0.4, 0.5) is 5.69 Å². The van der Waals surface area contributed by atoms with E-state index >= 15 is 0 Å². The Bertz CT molecular complexity index is 681. The van der Waals surface area contributed by atoms with Crippen LogP contribution in [0.5, 0.6) is 5.75 Å². The molecule has 0 atom stereocenters. The smallest absolute Gasteiger partial charge is 0.337 e. The van der Waals surface area contributed by atoms with Gasteiger partial charge in [0.05, 0.1) is 23.6 Å². The third-order valence-electron chi connectivity index (χ3n) is 2.79. The van der Waals surface area contributed by atoms with Gasteiger partial charge >= 0.3 is 5.97 Å². The summed E-state index contributed by atoms with van der Waals surface area (Å²) in [6.45, 7) is 3.93. The monoisotopic (exact) mass is 298 g/mol. The predicted octanol–water partition coefficient (Wildman–Crippen LogP) is 3.62. The second-order valence-corrected chi connectivity index (χ2v) is 4.96. The van der Waals surface area contributed by atoms with Crippen LogP contribution in [-0.4, -0.2) is 23.4 Å². The summed E-state index contributed by atoms with van der Waals surface area (Å²) in [7, 11) is 0. The summed E-state index contributed by atoms with van der Waals surface area (Å²) in [6.07, 6.45) is 1.72. The number of hydrazone groups is 1. The van der Waals surface area contributed by atoms with Crippen molar-refractivity contribution in [3.8, 4) is 5.75 Å². The largest absolute Gasteiger partial charge is 0.491 e. The van der Waals surface area contributed by atoms with Crippen LogP contribution >= 0.6 is 0 Å². The first kappa shape index (κ1) is 15.6. The fraction of sp³-hybridized carbons (Fsp3) is 0.176. The van der Waals surface area contributed by atoms with E-state index in [0.717, 1.165) is 11.3 Å². The van der Waals surface area contributed by atoms with E-state index in [2.05, 4.69) is 10.5 Å². The van der Waals surface area contributed by atoms with Crippen molar-refractivity contribution in [2.24, 2.45) is 5.10 Å². The van der Waals surface area contributed by atoms with Crippen molar-refractivity contribution in [2.45, 2.75) is 20.0 Å². The van der Waals surface area contributed by atoms with Crippen LogP contribution in [0.15, 0.2) is 53.6 Å². The van der Waals surface area contributed by atoms with Crippen LogP contribution in [0.2, 0.25) is 0 Å². The molecule has 0 bridgehead atoms. The van der Waals surface area contributed by atoms with Crippen molar-refractivity contribution in [1.82, 2.24) is 0 Å². The highest BCUT2D eigenvalue weighted by Gasteiger charge is 2.07. The molecule has 114 valence electrons. The number of carbonyl (C=O) groups is 1. The molecule has 0 radical (unpaired) electrons. The summed E-state index contributed by atoms with van der Waals surface area (Å²) in [6, 6.07) is 14.1. The van der Waals surface area contributed by atoms with E-state index < -0.39 is 5.97 Å². The Hall–Kier alpha value is -2.82. The van der Waals surface area contributed by atoms with E-state index in [1.165, 1.54) is 6.07 Å². The lowest BCUT2D eigenvalue weighted by Crippen LogP contribution is -2.05. The fourth-order valence-corrected chi connectivity index (χ4v) is 1.88. The lowest BCUT2D eigenvalue weighted by atomic mass is 10.2. The molecule has 0 aliphatic carbocycles. The normalized spacial score (nSPS) is 10.9. The van der Waals surface area contributed by atoms with Gasteiger partial charge in [-0.1, -0.05) is 24.3 Å². The van der Waals surface area contributed by atoms with Crippen LogP contribution in [0.1, 0.15) is 29.8 Å². The van der Waals surface area contributed by atoms with E-state index in [4.69, 9.17) is 9.84 Å². The average molecular weight is 298 g/mol. The molecule has 5 nitrogen and oxygen atoms in total. The van der Waals surface area contributed by atoms with Crippen LogP contribution in [0, 0.1) is 0 Å². The SMILES string of the molecule is CC(C)Oc1cccc(/C=N\Nc2ccccc2C(=O)O)c1.